The molecule has 1 atom stereocenters. The highest BCUT2D eigenvalue weighted by Crippen LogP contribution is 2.42. The number of ether oxygens (including phenoxy) is 1. The Hall–Kier alpha value is -0.120. The van der Waals surface area contributed by atoms with Crippen LogP contribution in [0.5, 0.6) is 0 Å². The number of nitrogens with two attached hydrogens (primary N) is 1. The van der Waals surface area contributed by atoms with E-state index in [9.17, 15) is 0 Å². The maximum atomic E-state index is 6.29. The highest BCUT2D eigenvalue weighted by molar-refractivity contribution is 4.99. The van der Waals surface area contributed by atoms with Gasteiger partial charge in [0.05, 0.1) is 11.6 Å². The van der Waals surface area contributed by atoms with E-state index in [4.69, 9.17) is 10.6 Å². The zero-order chi connectivity index (χ0) is 14.4. The first-order valence-corrected chi connectivity index (χ1v) is 8.85. The van der Waals surface area contributed by atoms with Gasteiger partial charge in [-0.25, -0.2) is 0 Å². The Morgan fingerprint density at radius 2 is 1.75 bits per heavy atom. The van der Waals surface area contributed by atoms with Crippen LogP contribution in [0.15, 0.2) is 0 Å². The lowest BCUT2D eigenvalue weighted by molar-refractivity contribution is -0.106. The van der Waals surface area contributed by atoms with Crippen LogP contribution in [0, 0.1) is 11.8 Å². The van der Waals surface area contributed by atoms with E-state index in [1.54, 1.807) is 0 Å². The van der Waals surface area contributed by atoms with E-state index in [1.807, 2.05) is 0 Å². The Morgan fingerprint density at radius 3 is 2.25 bits per heavy atom. The minimum atomic E-state index is 0.00542. The number of hydrazine groups is 1. The first-order chi connectivity index (χ1) is 9.75. The fourth-order valence-electron chi connectivity index (χ4n) is 4.63. The average Bonchev–Trinajstić information content (AvgIpc) is 2.50. The summed E-state index contributed by atoms with van der Waals surface area (Å²) in [5, 5.41) is 0. The zero-order valence-electron chi connectivity index (χ0n) is 13.5. The largest absolute Gasteiger partial charge is 0.374 e. The van der Waals surface area contributed by atoms with E-state index in [0.29, 0.717) is 12.0 Å². The van der Waals surface area contributed by atoms with Gasteiger partial charge in [0.25, 0.3) is 0 Å². The quantitative estimate of drug-likeness (QED) is 0.576. The van der Waals surface area contributed by atoms with Crippen molar-refractivity contribution in [2.45, 2.75) is 89.7 Å². The predicted octanol–water partition coefficient (Wildman–Crippen LogP) is 3.77. The number of hydrogen-bond donors (Lipinski definition) is 2. The first-order valence-electron chi connectivity index (χ1n) is 8.85. The Labute approximate surface area is 125 Å². The van der Waals surface area contributed by atoms with Crippen LogP contribution in [0.1, 0.15) is 78.1 Å². The normalized spacial score (nSPS) is 31.9. The van der Waals surface area contributed by atoms with Gasteiger partial charge in [0.2, 0.25) is 0 Å². The monoisotopic (exact) mass is 282 g/mol. The molecular formula is C17H34N2O. The molecule has 0 saturated heterocycles. The van der Waals surface area contributed by atoms with Crippen LogP contribution in [0.25, 0.3) is 0 Å². The van der Waals surface area contributed by atoms with E-state index < -0.39 is 0 Å². The van der Waals surface area contributed by atoms with E-state index in [2.05, 4.69) is 19.3 Å². The van der Waals surface area contributed by atoms with Gasteiger partial charge < -0.3 is 4.74 Å². The van der Waals surface area contributed by atoms with Crippen LogP contribution in [0.2, 0.25) is 0 Å². The van der Waals surface area contributed by atoms with Crippen molar-refractivity contribution in [1.82, 2.24) is 5.43 Å². The fraction of sp³-hybridized carbons (Fsp3) is 1.00. The summed E-state index contributed by atoms with van der Waals surface area (Å²) in [6, 6.07) is 0.348. The predicted molar refractivity (Wildman–Crippen MR) is 84.3 cm³/mol. The molecule has 0 aliphatic heterocycles. The third-order valence-electron chi connectivity index (χ3n) is 5.82. The fourth-order valence-corrected chi connectivity index (χ4v) is 4.63. The van der Waals surface area contributed by atoms with Gasteiger partial charge in [-0.3, -0.25) is 11.3 Å². The van der Waals surface area contributed by atoms with Crippen molar-refractivity contribution in [3.8, 4) is 0 Å². The zero-order valence-corrected chi connectivity index (χ0v) is 13.5. The van der Waals surface area contributed by atoms with Gasteiger partial charge in [0, 0.05) is 6.61 Å². The second-order valence-corrected chi connectivity index (χ2v) is 6.89. The van der Waals surface area contributed by atoms with Crippen molar-refractivity contribution >= 4 is 0 Å². The van der Waals surface area contributed by atoms with Crippen molar-refractivity contribution in [3.63, 3.8) is 0 Å². The summed E-state index contributed by atoms with van der Waals surface area (Å²) >= 11 is 0. The summed E-state index contributed by atoms with van der Waals surface area (Å²) in [5.41, 5.74) is 3.18. The molecule has 3 N–H and O–H groups in total. The second kappa shape index (κ2) is 7.77. The minimum absolute atomic E-state index is 0.00542. The Balaban J connectivity index is 2.04. The molecule has 0 heterocycles. The van der Waals surface area contributed by atoms with Gasteiger partial charge in [-0.05, 0) is 44.4 Å². The van der Waals surface area contributed by atoms with Gasteiger partial charge >= 0.3 is 0 Å². The number of nitrogens with one attached hydrogen (secondary N) is 1. The highest BCUT2D eigenvalue weighted by Gasteiger charge is 2.44. The molecule has 2 rings (SSSR count). The molecule has 3 nitrogen and oxygen atoms in total. The lowest BCUT2D eigenvalue weighted by Gasteiger charge is -2.47. The molecule has 0 aromatic heterocycles. The standard InChI is InChI=1S/C17H34N2O/c1-3-14-8-10-15(11-9-14)16(19-18)17(20-4-2)12-6-5-7-13-17/h14-16,19H,3-13,18H2,1-2H3. The first kappa shape index (κ1) is 16.3. The van der Waals surface area contributed by atoms with Crippen LogP contribution in [0.3, 0.4) is 0 Å². The van der Waals surface area contributed by atoms with Gasteiger partial charge in [-0.2, -0.15) is 0 Å². The molecule has 2 aliphatic rings. The maximum Gasteiger partial charge on any atom is 0.0850 e. The lowest BCUT2D eigenvalue weighted by atomic mass is 9.69. The summed E-state index contributed by atoms with van der Waals surface area (Å²) in [5.74, 6) is 7.63. The molecule has 0 spiro atoms. The summed E-state index contributed by atoms with van der Waals surface area (Å²) in [6.45, 7) is 5.26. The van der Waals surface area contributed by atoms with Gasteiger partial charge in [0.1, 0.15) is 0 Å². The summed E-state index contributed by atoms with van der Waals surface area (Å²) < 4.78 is 6.29. The van der Waals surface area contributed by atoms with E-state index in [1.165, 1.54) is 64.2 Å². The summed E-state index contributed by atoms with van der Waals surface area (Å²) in [7, 11) is 0. The maximum absolute atomic E-state index is 6.29. The minimum Gasteiger partial charge on any atom is -0.374 e. The highest BCUT2D eigenvalue weighted by atomic mass is 16.5. The molecule has 3 heteroatoms. The molecule has 0 amide bonds. The third-order valence-corrected chi connectivity index (χ3v) is 5.82. The molecule has 0 aromatic rings. The van der Waals surface area contributed by atoms with E-state index in [0.717, 1.165) is 12.5 Å². The van der Waals surface area contributed by atoms with Gasteiger partial charge in [-0.1, -0.05) is 45.4 Å². The van der Waals surface area contributed by atoms with Crippen LogP contribution >= 0.6 is 0 Å². The molecule has 2 fully saturated rings. The molecule has 118 valence electrons. The smallest absolute Gasteiger partial charge is 0.0850 e. The average molecular weight is 282 g/mol. The van der Waals surface area contributed by atoms with Crippen molar-refractivity contribution in [1.29, 1.82) is 0 Å². The number of rotatable bonds is 6. The molecule has 0 aromatic carbocycles. The van der Waals surface area contributed by atoms with Crippen LogP contribution < -0.4 is 11.3 Å². The molecule has 2 aliphatic carbocycles. The van der Waals surface area contributed by atoms with Crippen molar-refractivity contribution < 1.29 is 4.74 Å². The van der Waals surface area contributed by atoms with Crippen LogP contribution in [-0.4, -0.2) is 18.2 Å². The molecule has 1 unspecified atom stereocenters. The molecule has 0 radical (unpaired) electrons. The number of hydrogen-bond acceptors (Lipinski definition) is 3. The SMILES string of the molecule is CCOC1(C(NN)C2CCC(CC)CC2)CCCCC1. The Morgan fingerprint density at radius 1 is 1.10 bits per heavy atom. The summed E-state index contributed by atoms with van der Waals surface area (Å²) in [6.07, 6.45) is 13.0. The Kier molecular flexibility index (Phi) is 6.31. The van der Waals surface area contributed by atoms with E-state index in [-0.39, 0.29) is 5.60 Å². The lowest BCUT2D eigenvalue weighted by Crippen LogP contribution is -2.59. The van der Waals surface area contributed by atoms with Gasteiger partial charge in [0.15, 0.2) is 0 Å². The third kappa shape index (κ3) is 3.55. The second-order valence-electron chi connectivity index (χ2n) is 6.89. The molecular weight excluding hydrogens is 248 g/mol. The molecule has 0 bridgehead atoms. The summed E-state index contributed by atoms with van der Waals surface area (Å²) in [4.78, 5) is 0. The van der Waals surface area contributed by atoms with Crippen molar-refractivity contribution in [2.75, 3.05) is 6.61 Å². The topological polar surface area (TPSA) is 47.3 Å². The van der Waals surface area contributed by atoms with E-state index >= 15 is 0 Å². The van der Waals surface area contributed by atoms with Crippen molar-refractivity contribution in [3.05, 3.63) is 0 Å². The van der Waals surface area contributed by atoms with Crippen LogP contribution in [-0.2, 0) is 4.74 Å². The van der Waals surface area contributed by atoms with Crippen LogP contribution in [0.4, 0.5) is 0 Å². The van der Waals surface area contributed by atoms with Gasteiger partial charge in [-0.15, -0.1) is 0 Å². The Bertz CT molecular complexity index is 263. The van der Waals surface area contributed by atoms with Crippen molar-refractivity contribution in [2.24, 2.45) is 17.7 Å². The molecule has 20 heavy (non-hydrogen) atoms. The molecule has 2 saturated carbocycles.